The first-order chi connectivity index (χ1) is 9.54. The molecular weight excluding hydrogens is 397 g/mol. The zero-order chi connectivity index (χ0) is 14.4. The van der Waals surface area contributed by atoms with Crippen molar-refractivity contribution in [3.8, 4) is 0 Å². The van der Waals surface area contributed by atoms with E-state index in [-0.39, 0.29) is 18.6 Å². The molecule has 0 aromatic carbocycles. The Bertz CT molecular complexity index is 650. The Morgan fingerprint density at radius 2 is 2.10 bits per heavy atom. The second-order valence-corrected chi connectivity index (χ2v) is 6.49. The van der Waals surface area contributed by atoms with Crippen LogP contribution in [0.2, 0.25) is 5.15 Å². The van der Waals surface area contributed by atoms with Crippen LogP contribution in [0.3, 0.4) is 0 Å². The minimum absolute atomic E-state index is 0.152. The third-order valence-corrected chi connectivity index (χ3v) is 4.98. The normalized spacial score (nSPS) is 30.2. The van der Waals surface area contributed by atoms with Crippen LogP contribution in [0.25, 0.3) is 11.0 Å². The first kappa shape index (κ1) is 14.5. The molecule has 1 fully saturated rings. The van der Waals surface area contributed by atoms with Gasteiger partial charge in [0.15, 0.2) is 0 Å². The van der Waals surface area contributed by atoms with Gasteiger partial charge in [-0.3, -0.25) is 0 Å². The highest BCUT2D eigenvalue weighted by Crippen LogP contribution is 2.38. The number of rotatable bonds is 2. The highest BCUT2D eigenvalue weighted by molar-refractivity contribution is 14.1. The zero-order valence-corrected chi connectivity index (χ0v) is 13.2. The van der Waals surface area contributed by atoms with E-state index in [9.17, 15) is 15.3 Å². The Labute approximate surface area is 133 Å². The van der Waals surface area contributed by atoms with Gasteiger partial charge in [-0.25, -0.2) is 9.97 Å². The van der Waals surface area contributed by atoms with E-state index in [4.69, 9.17) is 11.6 Å². The van der Waals surface area contributed by atoms with Crippen molar-refractivity contribution < 1.29 is 15.3 Å². The molecule has 3 rings (SSSR count). The van der Waals surface area contributed by atoms with Gasteiger partial charge in [0.25, 0.3) is 0 Å². The van der Waals surface area contributed by atoms with Gasteiger partial charge in [0.1, 0.15) is 23.2 Å². The van der Waals surface area contributed by atoms with Gasteiger partial charge in [-0.1, -0.05) is 11.6 Å². The van der Waals surface area contributed by atoms with Gasteiger partial charge in [-0.2, -0.15) is 0 Å². The minimum Gasteiger partial charge on any atom is -0.396 e. The molecule has 2 heterocycles. The molecule has 0 radical (unpaired) electrons. The lowest BCUT2D eigenvalue weighted by Crippen LogP contribution is -2.30. The smallest absolute Gasteiger partial charge is 0.146 e. The standard InChI is InChI=1S/C12H13ClIN3O3/c13-11-8-6(14)2-17(12(8)16-4-15-11)7-1-5(3-18)9(19)10(7)20/h2,4-5,7,9-10,18-20H,1,3H2/t5-,7-,9-,10+/m1/s1. The molecule has 0 unspecified atom stereocenters. The van der Waals surface area contributed by atoms with E-state index in [2.05, 4.69) is 32.6 Å². The number of nitrogens with zero attached hydrogens (tertiary/aromatic N) is 3. The van der Waals surface area contributed by atoms with E-state index in [0.717, 1.165) is 8.96 Å². The van der Waals surface area contributed by atoms with Crippen molar-refractivity contribution in [2.24, 2.45) is 5.92 Å². The largest absolute Gasteiger partial charge is 0.396 e. The number of halogens is 2. The van der Waals surface area contributed by atoms with Crippen molar-refractivity contribution in [3.63, 3.8) is 0 Å². The van der Waals surface area contributed by atoms with Crippen molar-refractivity contribution >= 4 is 45.2 Å². The van der Waals surface area contributed by atoms with Gasteiger partial charge < -0.3 is 19.9 Å². The molecule has 6 nitrogen and oxygen atoms in total. The molecule has 1 aliphatic rings. The third kappa shape index (κ3) is 2.12. The van der Waals surface area contributed by atoms with Gasteiger partial charge in [0, 0.05) is 22.3 Å². The molecule has 2 aromatic heterocycles. The van der Waals surface area contributed by atoms with Crippen LogP contribution in [0, 0.1) is 9.49 Å². The molecule has 0 aliphatic heterocycles. The average molecular weight is 410 g/mol. The topological polar surface area (TPSA) is 91.4 Å². The van der Waals surface area contributed by atoms with Crippen LogP contribution >= 0.6 is 34.2 Å². The Balaban J connectivity index is 2.10. The molecule has 1 saturated carbocycles. The van der Waals surface area contributed by atoms with Crippen LogP contribution in [0.4, 0.5) is 0 Å². The van der Waals surface area contributed by atoms with Crippen LogP contribution < -0.4 is 0 Å². The summed E-state index contributed by atoms with van der Waals surface area (Å²) < 4.78 is 2.70. The van der Waals surface area contributed by atoms with Crippen LogP contribution in [0.1, 0.15) is 12.5 Å². The summed E-state index contributed by atoms with van der Waals surface area (Å²) in [6, 6.07) is -0.334. The van der Waals surface area contributed by atoms with Crippen LogP contribution in [-0.2, 0) is 0 Å². The Hall–Kier alpha value is -0.480. The number of fused-ring (bicyclic) bond motifs is 1. The summed E-state index contributed by atoms with van der Waals surface area (Å²) >= 11 is 8.22. The SMILES string of the molecule is OC[C@H]1C[C@@H](n2cc(I)c3c(Cl)ncnc32)[C@H](O)[C@@H]1O. The van der Waals surface area contributed by atoms with Gasteiger partial charge >= 0.3 is 0 Å². The molecule has 1 aliphatic carbocycles. The molecule has 20 heavy (non-hydrogen) atoms. The van der Waals surface area contributed by atoms with Crippen molar-refractivity contribution in [2.45, 2.75) is 24.7 Å². The predicted octanol–water partition coefficient (Wildman–Crippen LogP) is 0.964. The molecule has 4 atom stereocenters. The summed E-state index contributed by atoms with van der Waals surface area (Å²) in [5.74, 6) is -0.331. The maximum absolute atomic E-state index is 10.2. The summed E-state index contributed by atoms with van der Waals surface area (Å²) in [5.41, 5.74) is 0.629. The van der Waals surface area contributed by atoms with E-state index in [1.54, 1.807) is 0 Å². The molecule has 3 N–H and O–H groups in total. The van der Waals surface area contributed by atoms with Gasteiger partial charge in [-0.05, 0) is 29.0 Å². The lowest BCUT2D eigenvalue weighted by Gasteiger charge is -2.18. The number of aromatic nitrogens is 3. The van der Waals surface area contributed by atoms with E-state index >= 15 is 0 Å². The average Bonchev–Trinajstić information content (AvgIpc) is 2.90. The molecular formula is C12H13ClIN3O3. The highest BCUT2D eigenvalue weighted by atomic mass is 127. The first-order valence-electron chi connectivity index (χ1n) is 6.18. The Morgan fingerprint density at radius 1 is 1.35 bits per heavy atom. The van der Waals surface area contributed by atoms with E-state index in [1.165, 1.54) is 6.33 Å². The highest BCUT2D eigenvalue weighted by Gasteiger charge is 2.42. The fourth-order valence-electron chi connectivity index (χ4n) is 2.81. The summed E-state index contributed by atoms with van der Waals surface area (Å²) in [6.07, 6.45) is 1.83. The van der Waals surface area contributed by atoms with Crippen molar-refractivity contribution in [1.29, 1.82) is 0 Å². The van der Waals surface area contributed by atoms with E-state index < -0.39 is 12.2 Å². The van der Waals surface area contributed by atoms with E-state index in [1.807, 2.05) is 10.8 Å². The number of hydrogen-bond donors (Lipinski definition) is 3. The summed E-state index contributed by atoms with van der Waals surface area (Å²) in [4.78, 5) is 8.18. The van der Waals surface area contributed by atoms with Crippen molar-refractivity contribution in [3.05, 3.63) is 21.2 Å². The summed E-state index contributed by atoms with van der Waals surface area (Å²) in [6.45, 7) is -0.152. The molecule has 108 valence electrons. The van der Waals surface area contributed by atoms with Crippen LogP contribution in [0.5, 0.6) is 0 Å². The first-order valence-corrected chi connectivity index (χ1v) is 7.63. The molecule has 0 bridgehead atoms. The van der Waals surface area contributed by atoms with Crippen molar-refractivity contribution in [1.82, 2.24) is 14.5 Å². The fraction of sp³-hybridized carbons (Fsp3) is 0.500. The lowest BCUT2D eigenvalue weighted by molar-refractivity contribution is -0.00366. The number of aliphatic hydroxyl groups excluding tert-OH is 3. The fourth-order valence-corrected chi connectivity index (χ4v) is 4.00. The zero-order valence-electron chi connectivity index (χ0n) is 10.3. The third-order valence-electron chi connectivity index (χ3n) is 3.88. The molecule has 8 heteroatoms. The predicted molar refractivity (Wildman–Crippen MR) is 81.5 cm³/mol. The van der Waals surface area contributed by atoms with E-state index in [0.29, 0.717) is 17.2 Å². The maximum Gasteiger partial charge on any atom is 0.146 e. The molecule has 0 saturated heterocycles. The van der Waals surface area contributed by atoms with Gasteiger partial charge in [0.05, 0.1) is 17.5 Å². The van der Waals surface area contributed by atoms with Gasteiger partial charge in [-0.15, -0.1) is 0 Å². The number of hydrogen-bond acceptors (Lipinski definition) is 5. The summed E-state index contributed by atoms with van der Waals surface area (Å²) in [7, 11) is 0. The Kier molecular flexibility index (Phi) is 3.89. The Morgan fingerprint density at radius 3 is 2.75 bits per heavy atom. The monoisotopic (exact) mass is 409 g/mol. The molecule has 0 amide bonds. The molecule has 2 aromatic rings. The number of aliphatic hydroxyl groups is 3. The second-order valence-electron chi connectivity index (χ2n) is 4.97. The molecule has 0 spiro atoms. The minimum atomic E-state index is -0.938. The second kappa shape index (κ2) is 5.38. The van der Waals surface area contributed by atoms with Crippen LogP contribution in [0.15, 0.2) is 12.5 Å². The summed E-state index contributed by atoms with van der Waals surface area (Å²) in [5, 5.41) is 30.5. The quantitative estimate of drug-likeness (QED) is 0.508. The van der Waals surface area contributed by atoms with Crippen molar-refractivity contribution in [2.75, 3.05) is 6.61 Å². The van der Waals surface area contributed by atoms with Crippen LogP contribution in [-0.4, -0.2) is 48.7 Å². The maximum atomic E-state index is 10.2. The van der Waals surface area contributed by atoms with Gasteiger partial charge in [0.2, 0.25) is 0 Å². The lowest BCUT2D eigenvalue weighted by atomic mass is 10.1.